The van der Waals surface area contributed by atoms with Gasteiger partial charge in [0, 0.05) is 24.7 Å². The second kappa shape index (κ2) is 6.79. The summed E-state index contributed by atoms with van der Waals surface area (Å²) in [6, 6.07) is 2.44. The van der Waals surface area contributed by atoms with Crippen molar-refractivity contribution in [1.29, 1.82) is 0 Å². The van der Waals surface area contributed by atoms with Crippen molar-refractivity contribution in [3.63, 3.8) is 0 Å². The number of aryl methyl sites for hydroxylation is 1. The van der Waals surface area contributed by atoms with E-state index in [-0.39, 0.29) is 30.3 Å². The molecule has 0 spiro atoms. The molecule has 1 N–H and O–H groups in total. The van der Waals surface area contributed by atoms with E-state index in [1.807, 2.05) is 0 Å². The van der Waals surface area contributed by atoms with Crippen LogP contribution in [0.15, 0.2) is 29.7 Å². The average molecular weight is 314 g/mol. The van der Waals surface area contributed by atoms with Crippen molar-refractivity contribution in [3.05, 3.63) is 46.0 Å². The molecule has 0 unspecified atom stereocenters. The first kappa shape index (κ1) is 17.3. The highest BCUT2D eigenvalue weighted by molar-refractivity contribution is 7.89. The number of sulfonamides is 1. The Hall–Kier alpha value is -1.77. The van der Waals surface area contributed by atoms with Crippen LogP contribution in [0.4, 0.5) is 5.69 Å². The quantitative estimate of drug-likeness (QED) is 0.465. The zero-order chi connectivity index (χ0) is 16.2. The normalized spacial score (nSPS) is 11.6. The van der Waals surface area contributed by atoms with Crippen molar-refractivity contribution >= 4 is 15.7 Å². The maximum Gasteiger partial charge on any atom is 0.273 e. The van der Waals surface area contributed by atoms with E-state index in [9.17, 15) is 18.5 Å². The lowest BCUT2D eigenvalue weighted by molar-refractivity contribution is -0.385. The van der Waals surface area contributed by atoms with E-state index in [2.05, 4.69) is 6.58 Å². The number of benzene rings is 1. The summed E-state index contributed by atoms with van der Waals surface area (Å²) in [7, 11) is -3.92. The minimum absolute atomic E-state index is 0.0175. The first-order valence-electron chi connectivity index (χ1n) is 6.23. The van der Waals surface area contributed by atoms with Gasteiger partial charge in [-0.25, -0.2) is 8.42 Å². The molecule has 7 nitrogen and oxygen atoms in total. The van der Waals surface area contributed by atoms with Crippen molar-refractivity contribution in [3.8, 4) is 0 Å². The number of nitrogens with zero attached hydrogens (tertiary/aromatic N) is 2. The third-order valence-corrected chi connectivity index (χ3v) is 4.97. The van der Waals surface area contributed by atoms with Crippen LogP contribution in [0.5, 0.6) is 0 Å². The number of aliphatic hydroxyl groups excluding tert-OH is 1. The van der Waals surface area contributed by atoms with Gasteiger partial charge in [-0.2, -0.15) is 4.31 Å². The van der Waals surface area contributed by atoms with E-state index in [0.717, 1.165) is 10.4 Å². The molecule has 0 amide bonds. The fraction of sp³-hybridized carbons (Fsp3) is 0.385. The van der Waals surface area contributed by atoms with Crippen LogP contribution in [0.1, 0.15) is 11.1 Å². The van der Waals surface area contributed by atoms with Crippen LogP contribution in [0, 0.1) is 24.0 Å². The van der Waals surface area contributed by atoms with Crippen LogP contribution in [0.3, 0.4) is 0 Å². The Morgan fingerprint density at radius 1 is 1.43 bits per heavy atom. The Morgan fingerprint density at radius 2 is 2.05 bits per heavy atom. The number of hydrogen-bond acceptors (Lipinski definition) is 5. The molecule has 0 heterocycles. The molecule has 1 aromatic rings. The Bertz CT molecular complexity index is 655. The zero-order valence-corrected chi connectivity index (χ0v) is 12.8. The Kier molecular flexibility index (Phi) is 5.59. The van der Waals surface area contributed by atoms with Crippen LogP contribution < -0.4 is 0 Å². The fourth-order valence-corrected chi connectivity index (χ4v) is 3.37. The summed E-state index contributed by atoms with van der Waals surface area (Å²) < 4.78 is 26.0. The topological polar surface area (TPSA) is 101 Å². The van der Waals surface area contributed by atoms with E-state index in [4.69, 9.17) is 5.11 Å². The van der Waals surface area contributed by atoms with Crippen molar-refractivity contribution in [2.45, 2.75) is 18.7 Å². The molecule has 0 saturated heterocycles. The van der Waals surface area contributed by atoms with Crippen molar-refractivity contribution in [2.75, 3.05) is 19.7 Å². The van der Waals surface area contributed by atoms with Crippen LogP contribution in [0.2, 0.25) is 0 Å². The monoisotopic (exact) mass is 314 g/mol. The summed E-state index contributed by atoms with van der Waals surface area (Å²) in [4.78, 5) is 10.2. The second-order valence-corrected chi connectivity index (χ2v) is 6.45. The highest BCUT2D eigenvalue weighted by Gasteiger charge is 2.26. The van der Waals surface area contributed by atoms with Gasteiger partial charge in [-0.1, -0.05) is 6.08 Å². The van der Waals surface area contributed by atoms with Crippen molar-refractivity contribution in [2.24, 2.45) is 0 Å². The average Bonchev–Trinajstić information content (AvgIpc) is 2.40. The minimum Gasteiger partial charge on any atom is -0.395 e. The van der Waals surface area contributed by atoms with E-state index in [0.29, 0.717) is 11.1 Å². The first-order valence-corrected chi connectivity index (χ1v) is 7.67. The third-order valence-electron chi connectivity index (χ3n) is 3.13. The second-order valence-electron chi connectivity index (χ2n) is 4.52. The Labute approximate surface area is 123 Å². The summed E-state index contributed by atoms with van der Waals surface area (Å²) in [5, 5.41) is 20.0. The summed E-state index contributed by atoms with van der Waals surface area (Å²) in [5.41, 5.74) is 0.706. The molecule has 0 atom stereocenters. The van der Waals surface area contributed by atoms with Gasteiger partial charge >= 0.3 is 0 Å². The molecule has 116 valence electrons. The van der Waals surface area contributed by atoms with Crippen LogP contribution in [-0.4, -0.2) is 42.4 Å². The lowest BCUT2D eigenvalue weighted by atomic mass is 10.1. The molecule has 0 fully saturated rings. The highest BCUT2D eigenvalue weighted by atomic mass is 32.2. The molecule has 1 aromatic carbocycles. The fourth-order valence-electron chi connectivity index (χ4n) is 1.86. The van der Waals surface area contributed by atoms with Gasteiger partial charge in [0.05, 0.1) is 16.4 Å². The summed E-state index contributed by atoms with van der Waals surface area (Å²) >= 11 is 0. The number of aliphatic hydroxyl groups is 1. The van der Waals surface area contributed by atoms with E-state index in [1.165, 1.54) is 12.1 Å². The lowest BCUT2D eigenvalue weighted by Crippen LogP contribution is -2.33. The molecule has 0 saturated carbocycles. The Balaban J connectivity index is 3.43. The standard InChI is InChI=1S/C13H18N2O5S/c1-4-5-14(6-7-16)21(19,20)12-8-10(2)11(3)13(9-12)15(17)18/h4,8-9,16H,1,5-7H2,2-3H3. The molecule has 0 aliphatic carbocycles. The molecule has 0 aromatic heterocycles. The van der Waals surface area contributed by atoms with Gasteiger partial charge in [-0.05, 0) is 25.5 Å². The van der Waals surface area contributed by atoms with Crippen LogP contribution in [0.25, 0.3) is 0 Å². The van der Waals surface area contributed by atoms with Gasteiger partial charge in [0.2, 0.25) is 10.0 Å². The van der Waals surface area contributed by atoms with Gasteiger partial charge in [0.15, 0.2) is 0 Å². The first-order chi connectivity index (χ1) is 9.75. The van der Waals surface area contributed by atoms with E-state index < -0.39 is 14.9 Å². The number of nitro groups is 1. The highest BCUT2D eigenvalue weighted by Crippen LogP contribution is 2.27. The van der Waals surface area contributed by atoms with Gasteiger partial charge in [-0.3, -0.25) is 10.1 Å². The van der Waals surface area contributed by atoms with Crippen molar-refractivity contribution in [1.82, 2.24) is 4.31 Å². The Morgan fingerprint density at radius 3 is 2.52 bits per heavy atom. The van der Waals surface area contributed by atoms with Gasteiger partial charge < -0.3 is 5.11 Å². The summed E-state index contributed by atoms with van der Waals surface area (Å²) in [5.74, 6) is 0. The third kappa shape index (κ3) is 3.66. The molecule has 0 aliphatic heterocycles. The van der Waals surface area contributed by atoms with Crippen LogP contribution in [-0.2, 0) is 10.0 Å². The predicted molar refractivity (Wildman–Crippen MR) is 78.6 cm³/mol. The smallest absolute Gasteiger partial charge is 0.273 e. The van der Waals surface area contributed by atoms with Crippen molar-refractivity contribution < 1.29 is 18.4 Å². The number of rotatable bonds is 7. The molecule has 21 heavy (non-hydrogen) atoms. The molecule has 0 radical (unpaired) electrons. The molecule has 8 heteroatoms. The molecular formula is C13H18N2O5S. The number of nitro benzene ring substituents is 1. The van der Waals surface area contributed by atoms with Gasteiger partial charge in [0.1, 0.15) is 0 Å². The minimum atomic E-state index is -3.92. The van der Waals surface area contributed by atoms with Gasteiger partial charge in [-0.15, -0.1) is 6.58 Å². The van der Waals surface area contributed by atoms with Crippen LogP contribution >= 0.6 is 0 Å². The molecule has 0 aliphatic rings. The summed E-state index contributed by atoms with van der Waals surface area (Å²) in [6.45, 7) is 6.22. The lowest BCUT2D eigenvalue weighted by Gasteiger charge is -2.20. The largest absolute Gasteiger partial charge is 0.395 e. The maximum atomic E-state index is 12.5. The summed E-state index contributed by atoms with van der Waals surface area (Å²) in [6.07, 6.45) is 1.39. The zero-order valence-electron chi connectivity index (χ0n) is 11.9. The SMILES string of the molecule is C=CCN(CCO)S(=O)(=O)c1cc(C)c(C)c([N+](=O)[O-])c1. The molecular weight excluding hydrogens is 296 g/mol. The molecule has 0 bridgehead atoms. The molecule has 1 rings (SSSR count). The van der Waals surface area contributed by atoms with E-state index in [1.54, 1.807) is 13.8 Å². The number of hydrogen-bond donors (Lipinski definition) is 1. The predicted octanol–water partition coefficient (Wildman–Crippen LogP) is 1.38. The van der Waals surface area contributed by atoms with Gasteiger partial charge in [0.25, 0.3) is 5.69 Å². The van der Waals surface area contributed by atoms with E-state index >= 15 is 0 Å². The maximum absolute atomic E-state index is 12.5.